The molecule has 0 aromatic carbocycles. The number of fused-ring (bicyclic) bond motifs is 3. The first-order chi connectivity index (χ1) is 6.86. The lowest BCUT2D eigenvalue weighted by Crippen LogP contribution is -2.06. The van der Waals surface area contributed by atoms with Gasteiger partial charge in [0.15, 0.2) is 0 Å². The average Bonchev–Trinajstić information content (AvgIpc) is 2.61. The fourth-order valence-electron chi connectivity index (χ4n) is 1.53. The molecule has 3 heterocycles. The lowest BCUT2D eigenvalue weighted by molar-refractivity contribution is 1.04. The molecule has 0 aliphatic carbocycles. The van der Waals surface area contributed by atoms with Gasteiger partial charge < -0.3 is 5.84 Å². The van der Waals surface area contributed by atoms with Crippen LogP contribution in [0, 0.1) is 0 Å². The van der Waals surface area contributed by atoms with Gasteiger partial charge in [-0.05, 0) is 12.1 Å². The predicted octanol–water partition coefficient (Wildman–Crippen LogP) is 0.693. The lowest BCUT2D eigenvalue weighted by Gasteiger charge is -1.98. The summed E-state index contributed by atoms with van der Waals surface area (Å²) < 4.78 is 1.46. The Labute approximate surface area is 79.2 Å². The van der Waals surface area contributed by atoms with E-state index in [1.165, 1.54) is 4.68 Å². The molecule has 3 aromatic rings. The van der Waals surface area contributed by atoms with E-state index >= 15 is 0 Å². The minimum Gasteiger partial charge on any atom is -0.338 e. The van der Waals surface area contributed by atoms with Crippen LogP contribution >= 0.6 is 0 Å². The lowest BCUT2D eigenvalue weighted by atomic mass is 10.3. The molecule has 0 amide bonds. The van der Waals surface area contributed by atoms with Crippen LogP contribution < -0.4 is 5.84 Å². The summed E-state index contributed by atoms with van der Waals surface area (Å²) in [4.78, 5) is 12.6. The molecule has 0 spiro atoms. The van der Waals surface area contributed by atoms with Gasteiger partial charge in [-0.15, -0.1) is 0 Å². The van der Waals surface area contributed by atoms with E-state index in [1.54, 1.807) is 18.7 Å². The highest BCUT2D eigenvalue weighted by Crippen LogP contribution is 2.18. The summed E-state index contributed by atoms with van der Waals surface area (Å²) >= 11 is 0. The van der Waals surface area contributed by atoms with Crippen LogP contribution in [0.2, 0.25) is 0 Å². The number of nitrogen functional groups attached to an aromatic ring is 1. The Morgan fingerprint density at radius 3 is 3.00 bits per heavy atom. The van der Waals surface area contributed by atoms with E-state index in [4.69, 9.17) is 5.84 Å². The zero-order valence-electron chi connectivity index (χ0n) is 7.25. The maximum absolute atomic E-state index is 5.73. The Bertz CT molecular complexity index is 613. The number of nitrogens with zero attached hydrogens (tertiary/aromatic N) is 4. The van der Waals surface area contributed by atoms with Crippen LogP contribution in [0.5, 0.6) is 0 Å². The molecule has 3 aromatic heterocycles. The van der Waals surface area contributed by atoms with Gasteiger partial charge in [0.1, 0.15) is 22.9 Å². The standard InChI is InChI=1S/C9H7N5/c10-14-5-13-7-4-12-6-2-1-3-11-8(6)9(7)14/h1-5H,10H2. The molecule has 0 aliphatic rings. The predicted molar refractivity (Wildman–Crippen MR) is 53.0 cm³/mol. The fraction of sp³-hybridized carbons (Fsp3) is 0. The topological polar surface area (TPSA) is 69.6 Å². The van der Waals surface area contributed by atoms with E-state index < -0.39 is 0 Å². The quantitative estimate of drug-likeness (QED) is 0.523. The SMILES string of the molecule is Nn1cnc2cnc3cccnc3c21. The molecule has 68 valence electrons. The largest absolute Gasteiger partial charge is 0.338 e. The molecule has 0 radical (unpaired) electrons. The summed E-state index contributed by atoms with van der Waals surface area (Å²) in [5.74, 6) is 5.73. The molecular formula is C9H7N5. The first kappa shape index (κ1) is 7.25. The van der Waals surface area contributed by atoms with E-state index in [0.717, 1.165) is 22.1 Å². The number of rotatable bonds is 0. The van der Waals surface area contributed by atoms with Crippen molar-refractivity contribution >= 4 is 22.1 Å². The van der Waals surface area contributed by atoms with E-state index in [2.05, 4.69) is 15.0 Å². The van der Waals surface area contributed by atoms with E-state index in [-0.39, 0.29) is 0 Å². The van der Waals surface area contributed by atoms with Crippen LogP contribution in [0.4, 0.5) is 0 Å². The molecule has 3 rings (SSSR count). The second-order valence-corrected chi connectivity index (χ2v) is 3.02. The summed E-state index contributed by atoms with van der Waals surface area (Å²) in [6.07, 6.45) is 4.97. The number of pyridine rings is 2. The summed E-state index contributed by atoms with van der Waals surface area (Å²) in [6.45, 7) is 0. The molecule has 0 fully saturated rings. The molecule has 5 heteroatoms. The van der Waals surface area contributed by atoms with Crippen molar-refractivity contribution in [2.24, 2.45) is 0 Å². The number of nitrogens with two attached hydrogens (primary N) is 1. The monoisotopic (exact) mass is 185 g/mol. The van der Waals surface area contributed by atoms with Crippen molar-refractivity contribution in [1.29, 1.82) is 0 Å². The molecule has 0 unspecified atom stereocenters. The van der Waals surface area contributed by atoms with Crippen molar-refractivity contribution in [3.8, 4) is 0 Å². The molecule has 2 N–H and O–H groups in total. The molecular weight excluding hydrogens is 178 g/mol. The number of hydrogen-bond donors (Lipinski definition) is 1. The molecule has 14 heavy (non-hydrogen) atoms. The number of aromatic nitrogens is 4. The summed E-state index contributed by atoms with van der Waals surface area (Å²) in [6, 6.07) is 3.74. The van der Waals surface area contributed by atoms with Crippen molar-refractivity contribution in [3.63, 3.8) is 0 Å². The fourth-order valence-corrected chi connectivity index (χ4v) is 1.53. The van der Waals surface area contributed by atoms with Gasteiger partial charge in [-0.2, -0.15) is 0 Å². The average molecular weight is 185 g/mol. The van der Waals surface area contributed by atoms with Crippen LogP contribution in [0.1, 0.15) is 0 Å². The van der Waals surface area contributed by atoms with Gasteiger partial charge in [0.25, 0.3) is 0 Å². The van der Waals surface area contributed by atoms with Crippen LogP contribution in [0.25, 0.3) is 22.1 Å². The van der Waals surface area contributed by atoms with Crippen molar-refractivity contribution < 1.29 is 0 Å². The Hall–Kier alpha value is -2.17. The molecule has 0 bridgehead atoms. The van der Waals surface area contributed by atoms with Crippen LogP contribution in [0.15, 0.2) is 30.9 Å². The van der Waals surface area contributed by atoms with E-state index in [9.17, 15) is 0 Å². The van der Waals surface area contributed by atoms with Gasteiger partial charge >= 0.3 is 0 Å². The Morgan fingerprint density at radius 2 is 2.07 bits per heavy atom. The highest BCUT2D eigenvalue weighted by atomic mass is 15.3. The van der Waals surface area contributed by atoms with Crippen LogP contribution in [0.3, 0.4) is 0 Å². The smallest absolute Gasteiger partial charge is 0.119 e. The second kappa shape index (κ2) is 2.41. The minimum atomic E-state index is 0.763. The summed E-state index contributed by atoms with van der Waals surface area (Å²) in [7, 11) is 0. The third kappa shape index (κ3) is 0.806. The zero-order valence-corrected chi connectivity index (χ0v) is 7.25. The summed E-state index contributed by atoms with van der Waals surface area (Å²) in [5.41, 5.74) is 3.19. The maximum atomic E-state index is 5.73. The van der Waals surface area contributed by atoms with Gasteiger partial charge in [0.05, 0.1) is 11.7 Å². The molecule has 0 aliphatic heterocycles. The Balaban J connectivity index is 2.65. The highest BCUT2D eigenvalue weighted by Gasteiger charge is 2.06. The molecule has 5 nitrogen and oxygen atoms in total. The first-order valence-corrected chi connectivity index (χ1v) is 4.18. The second-order valence-electron chi connectivity index (χ2n) is 3.02. The van der Waals surface area contributed by atoms with Crippen molar-refractivity contribution in [1.82, 2.24) is 19.6 Å². The van der Waals surface area contributed by atoms with E-state index in [1.807, 2.05) is 12.1 Å². The van der Waals surface area contributed by atoms with Crippen molar-refractivity contribution in [2.75, 3.05) is 5.84 Å². The third-order valence-electron chi connectivity index (χ3n) is 2.16. The van der Waals surface area contributed by atoms with Gasteiger partial charge in [-0.3, -0.25) is 9.97 Å². The van der Waals surface area contributed by atoms with Gasteiger partial charge in [0, 0.05) is 6.20 Å². The Kier molecular flexibility index (Phi) is 1.25. The normalized spacial score (nSPS) is 11.1. The summed E-state index contributed by atoms with van der Waals surface area (Å²) in [5, 5.41) is 0. The van der Waals surface area contributed by atoms with Crippen LogP contribution in [-0.2, 0) is 0 Å². The minimum absolute atomic E-state index is 0.763. The maximum Gasteiger partial charge on any atom is 0.119 e. The molecule has 0 saturated heterocycles. The van der Waals surface area contributed by atoms with Gasteiger partial charge in [-0.25, -0.2) is 9.66 Å². The molecule has 0 saturated carbocycles. The van der Waals surface area contributed by atoms with E-state index in [0.29, 0.717) is 0 Å². The highest BCUT2D eigenvalue weighted by molar-refractivity contribution is 5.99. The van der Waals surface area contributed by atoms with Crippen molar-refractivity contribution in [2.45, 2.75) is 0 Å². The number of imidazole rings is 1. The zero-order chi connectivity index (χ0) is 9.54. The number of hydrogen-bond acceptors (Lipinski definition) is 4. The van der Waals surface area contributed by atoms with Gasteiger partial charge in [-0.1, -0.05) is 0 Å². The third-order valence-corrected chi connectivity index (χ3v) is 2.16. The van der Waals surface area contributed by atoms with Crippen LogP contribution in [-0.4, -0.2) is 19.6 Å². The van der Waals surface area contributed by atoms with Gasteiger partial charge in [0.2, 0.25) is 0 Å². The Morgan fingerprint density at radius 1 is 1.14 bits per heavy atom. The first-order valence-electron chi connectivity index (χ1n) is 4.18. The molecule has 0 atom stereocenters. The van der Waals surface area contributed by atoms with Crippen molar-refractivity contribution in [3.05, 3.63) is 30.9 Å².